The lowest BCUT2D eigenvalue weighted by atomic mass is 10.2. The molecule has 1 nitrogen and oxygen atoms in total. The molecule has 0 unspecified atom stereocenters. The summed E-state index contributed by atoms with van der Waals surface area (Å²) in [6, 6.07) is 2.24. The number of rotatable bonds is 1. The minimum Gasteiger partial charge on any atom is -0.276 e. The SMILES string of the molecule is O=C(Cl)c1cc(F)cc(I)c1Cl. The van der Waals surface area contributed by atoms with Gasteiger partial charge in [0.05, 0.1) is 10.6 Å². The average molecular weight is 319 g/mol. The maximum Gasteiger partial charge on any atom is 0.254 e. The van der Waals surface area contributed by atoms with Crippen molar-refractivity contribution in [1.82, 2.24) is 0 Å². The zero-order valence-corrected chi connectivity index (χ0v) is 9.24. The van der Waals surface area contributed by atoms with Crippen LogP contribution in [0.5, 0.6) is 0 Å². The summed E-state index contributed by atoms with van der Waals surface area (Å²) in [6.45, 7) is 0. The third kappa shape index (κ3) is 2.08. The molecule has 1 aromatic carbocycles. The van der Waals surface area contributed by atoms with Crippen LogP contribution in [0.25, 0.3) is 0 Å². The molecule has 0 saturated carbocycles. The van der Waals surface area contributed by atoms with Gasteiger partial charge in [-0.3, -0.25) is 4.79 Å². The van der Waals surface area contributed by atoms with E-state index < -0.39 is 11.1 Å². The second-order valence-electron chi connectivity index (χ2n) is 2.02. The van der Waals surface area contributed by atoms with E-state index in [1.54, 1.807) is 0 Å². The molecule has 0 aliphatic rings. The van der Waals surface area contributed by atoms with Gasteiger partial charge in [-0.25, -0.2) is 4.39 Å². The molecule has 0 fully saturated rings. The van der Waals surface area contributed by atoms with Crippen molar-refractivity contribution in [3.8, 4) is 0 Å². The molecule has 0 aliphatic carbocycles. The number of carbonyl (C=O) groups is 1. The van der Waals surface area contributed by atoms with Crippen LogP contribution in [-0.2, 0) is 0 Å². The Kier molecular flexibility index (Phi) is 3.31. The maximum absolute atomic E-state index is 12.7. The van der Waals surface area contributed by atoms with Gasteiger partial charge >= 0.3 is 0 Å². The standard InChI is InChI=1S/C7H2Cl2FIO/c8-6-4(7(9)12)1-3(10)2-5(6)11/h1-2H. The predicted molar refractivity (Wildman–Crippen MR) is 54.3 cm³/mol. The predicted octanol–water partition coefficient (Wildman–Crippen LogP) is 3.46. The molecular formula is C7H2Cl2FIO. The first-order valence-electron chi connectivity index (χ1n) is 2.86. The molecule has 12 heavy (non-hydrogen) atoms. The molecule has 0 amide bonds. The van der Waals surface area contributed by atoms with Gasteiger partial charge in [-0.1, -0.05) is 11.6 Å². The Hall–Kier alpha value is 0.130. The smallest absolute Gasteiger partial charge is 0.254 e. The summed E-state index contributed by atoms with van der Waals surface area (Å²) in [5, 5.41) is -0.561. The number of hydrogen-bond acceptors (Lipinski definition) is 1. The highest BCUT2D eigenvalue weighted by molar-refractivity contribution is 14.1. The number of halogens is 4. The van der Waals surface area contributed by atoms with Crippen molar-refractivity contribution in [2.75, 3.05) is 0 Å². The van der Waals surface area contributed by atoms with Crippen LogP contribution in [0.3, 0.4) is 0 Å². The summed E-state index contributed by atoms with van der Waals surface area (Å²) >= 11 is 12.7. The molecule has 0 aromatic heterocycles. The van der Waals surface area contributed by atoms with E-state index in [9.17, 15) is 9.18 Å². The first-order valence-corrected chi connectivity index (χ1v) is 4.70. The van der Waals surface area contributed by atoms with Crippen LogP contribution in [0, 0.1) is 9.39 Å². The van der Waals surface area contributed by atoms with E-state index in [2.05, 4.69) is 0 Å². The van der Waals surface area contributed by atoms with Crippen LogP contribution in [0.1, 0.15) is 10.4 Å². The lowest BCUT2D eigenvalue weighted by Gasteiger charge is -2.00. The Balaban J connectivity index is 3.37. The van der Waals surface area contributed by atoms with Gasteiger partial charge in [-0.15, -0.1) is 0 Å². The number of hydrogen-bond donors (Lipinski definition) is 0. The molecule has 0 aliphatic heterocycles. The first-order chi connectivity index (χ1) is 5.52. The Morgan fingerprint density at radius 1 is 1.50 bits per heavy atom. The van der Waals surface area contributed by atoms with Crippen molar-refractivity contribution >= 4 is 51.0 Å². The molecule has 0 heterocycles. The summed E-state index contributed by atoms with van der Waals surface area (Å²) < 4.78 is 13.2. The minimum absolute atomic E-state index is 0.00253. The summed E-state index contributed by atoms with van der Waals surface area (Å²) in [7, 11) is 0. The molecule has 0 N–H and O–H groups in total. The Bertz CT molecular complexity index is 340. The molecule has 1 aromatic rings. The zero-order chi connectivity index (χ0) is 9.30. The van der Waals surface area contributed by atoms with Crippen molar-refractivity contribution in [1.29, 1.82) is 0 Å². The van der Waals surface area contributed by atoms with E-state index in [0.29, 0.717) is 3.57 Å². The number of carbonyl (C=O) groups excluding carboxylic acids is 1. The average Bonchev–Trinajstić information content (AvgIpc) is 1.96. The van der Waals surface area contributed by atoms with Crippen molar-refractivity contribution in [2.24, 2.45) is 0 Å². The van der Waals surface area contributed by atoms with Gasteiger partial charge in [-0.2, -0.15) is 0 Å². The van der Waals surface area contributed by atoms with Crippen molar-refractivity contribution in [3.05, 3.63) is 32.1 Å². The van der Waals surface area contributed by atoms with E-state index >= 15 is 0 Å². The quantitative estimate of drug-likeness (QED) is 0.440. The van der Waals surface area contributed by atoms with Crippen molar-refractivity contribution in [2.45, 2.75) is 0 Å². The van der Waals surface area contributed by atoms with Crippen LogP contribution in [0.15, 0.2) is 12.1 Å². The van der Waals surface area contributed by atoms with Gasteiger partial charge in [0.25, 0.3) is 5.24 Å². The first kappa shape index (κ1) is 10.2. The van der Waals surface area contributed by atoms with Gasteiger partial charge < -0.3 is 0 Å². The van der Waals surface area contributed by atoms with Gasteiger partial charge in [-0.05, 0) is 46.3 Å². The number of benzene rings is 1. The second kappa shape index (κ2) is 3.89. The fraction of sp³-hybridized carbons (Fsp3) is 0. The topological polar surface area (TPSA) is 17.1 Å². The summed E-state index contributed by atoms with van der Waals surface area (Å²) in [6.07, 6.45) is 0. The molecule has 64 valence electrons. The van der Waals surface area contributed by atoms with Gasteiger partial charge in [0, 0.05) is 3.57 Å². The Labute approximate surface area is 92.0 Å². The van der Waals surface area contributed by atoms with Gasteiger partial charge in [0.2, 0.25) is 0 Å². The molecule has 0 radical (unpaired) electrons. The molecular weight excluding hydrogens is 317 g/mol. The van der Waals surface area contributed by atoms with Crippen LogP contribution in [0.2, 0.25) is 5.02 Å². The monoisotopic (exact) mass is 318 g/mol. The lowest BCUT2D eigenvalue weighted by molar-refractivity contribution is 0.108. The minimum atomic E-state index is -0.752. The highest BCUT2D eigenvalue weighted by Gasteiger charge is 2.12. The summed E-state index contributed by atoms with van der Waals surface area (Å²) in [5.41, 5.74) is 0.00253. The van der Waals surface area contributed by atoms with E-state index in [-0.39, 0.29) is 10.6 Å². The molecule has 0 spiro atoms. The molecule has 0 bridgehead atoms. The van der Waals surface area contributed by atoms with Crippen LogP contribution >= 0.6 is 45.8 Å². The summed E-state index contributed by atoms with van der Waals surface area (Å²) in [5.74, 6) is -0.521. The highest BCUT2D eigenvalue weighted by Crippen LogP contribution is 2.25. The summed E-state index contributed by atoms with van der Waals surface area (Å²) in [4.78, 5) is 10.7. The Morgan fingerprint density at radius 3 is 2.58 bits per heavy atom. The molecule has 0 saturated heterocycles. The normalized spacial score (nSPS) is 10.0. The Morgan fingerprint density at radius 2 is 2.08 bits per heavy atom. The zero-order valence-electron chi connectivity index (χ0n) is 5.57. The fourth-order valence-corrected chi connectivity index (χ4v) is 1.68. The third-order valence-corrected chi connectivity index (χ3v) is 2.99. The van der Waals surface area contributed by atoms with E-state index in [1.165, 1.54) is 6.07 Å². The van der Waals surface area contributed by atoms with Crippen molar-refractivity contribution in [3.63, 3.8) is 0 Å². The van der Waals surface area contributed by atoms with Crippen LogP contribution in [0.4, 0.5) is 4.39 Å². The fourth-order valence-electron chi connectivity index (χ4n) is 0.699. The molecule has 1 rings (SSSR count). The van der Waals surface area contributed by atoms with Crippen LogP contribution < -0.4 is 0 Å². The lowest BCUT2D eigenvalue weighted by Crippen LogP contribution is -1.94. The second-order valence-corrected chi connectivity index (χ2v) is 3.91. The third-order valence-electron chi connectivity index (χ3n) is 1.20. The van der Waals surface area contributed by atoms with E-state index in [0.717, 1.165) is 6.07 Å². The van der Waals surface area contributed by atoms with Gasteiger partial charge in [0.15, 0.2) is 0 Å². The molecule has 5 heteroatoms. The highest BCUT2D eigenvalue weighted by atomic mass is 127. The van der Waals surface area contributed by atoms with Crippen LogP contribution in [-0.4, -0.2) is 5.24 Å². The van der Waals surface area contributed by atoms with E-state index in [1.807, 2.05) is 22.6 Å². The van der Waals surface area contributed by atoms with Gasteiger partial charge in [0.1, 0.15) is 5.82 Å². The van der Waals surface area contributed by atoms with E-state index in [4.69, 9.17) is 23.2 Å². The maximum atomic E-state index is 12.7. The van der Waals surface area contributed by atoms with Crippen molar-refractivity contribution < 1.29 is 9.18 Å². The molecule has 0 atom stereocenters. The largest absolute Gasteiger partial charge is 0.276 e.